The monoisotopic (exact) mass is 467 g/mol. The number of benzene rings is 2. The Kier molecular flexibility index (Phi) is 6.03. The van der Waals surface area contributed by atoms with Gasteiger partial charge in [-0.1, -0.05) is 6.07 Å². The highest BCUT2D eigenvalue weighted by atomic mass is 19.1. The van der Waals surface area contributed by atoms with Gasteiger partial charge in [0, 0.05) is 50.0 Å². The van der Waals surface area contributed by atoms with Crippen LogP contribution in [0.2, 0.25) is 0 Å². The molecule has 2 N–H and O–H groups in total. The van der Waals surface area contributed by atoms with Crippen LogP contribution in [0.3, 0.4) is 0 Å². The fraction of sp³-hybridized carbons (Fsp3) is 0.400. The van der Waals surface area contributed by atoms with Gasteiger partial charge in [-0.25, -0.2) is 13.8 Å². The highest BCUT2D eigenvalue weighted by Crippen LogP contribution is 2.24. The van der Waals surface area contributed by atoms with Crippen LogP contribution in [0.15, 0.2) is 35.1 Å². The summed E-state index contributed by atoms with van der Waals surface area (Å²) in [5.41, 5.74) is 1.76. The van der Waals surface area contributed by atoms with Crippen molar-refractivity contribution in [1.29, 1.82) is 0 Å². The first kappa shape index (κ1) is 22.5. The van der Waals surface area contributed by atoms with Crippen LogP contribution in [-0.4, -0.2) is 53.0 Å². The molecule has 1 amide bonds. The van der Waals surface area contributed by atoms with E-state index in [1.807, 2.05) is 0 Å². The molecule has 0 spiro atoms. The van der Waals surface area contributed by atoms with Crippen molar-refractivity contribution in [1.82, 2.24) is 20.2 Å². The van der Waals surface area contributed by atoms with E-state index in [1.54, 1.807) is 31.2 Å². The third-order valence-electron chi connectivity index (χ3n) is 6.82. The van der Waals surface area contributed by atoms with Crippen molar-refractivity contribution in [3.05, 3.63) is 69.1 Å². The molecule has 9 heteroatoms. The highest BCUT2D eigenvalue weighted by molar-refractivity contribution is 5.95. The van der Waals surface area contributed by atoms with Crippen molar-refractivity contribution >= 4 is 22.6 Å². The molecule has 1 aliphatic heterocycles. The molecule has 0 radical (unpaired) electrons. The number of piperazine rings is 1. The van der Waals surface area contributed by atoms with Gasteiger partial charge >= 0.3 is 0 Å². The second-order valence-corrected chi connectivity index (χ2v) is 9.11. The number of aromatic nitrogens is 2. The van der Waals surface area contributed by atoms with Gasteiger partial charge in [0.15, 0.2) is 5.82 Å². The van der Waals surface area contributed by atoms with Gasteiger partial charge in [-0.15, -0.1) is 0 Å². The molecule has 7 nitrogen and oxygen atoms in total. The Hall–Kier alpha value is -3.33. The van der Waals surface area contributed by atoms with Gasteiger partial charge in [-0.2, -0.15) is 0 Å². The Bertz CT molecular complexity index is 1300. The zero-order chi connectivity index (χ0) is 23.8. The lowest BCUT2D eigenvalue weighted by atomic mass is 9.93. The number of halogens is 2. The lowest BCUT2D eigenvalue weighted by Gasteiger charge is -2.36. The number of H-pyrrole nitrogens is 1. The lowest BCUT2D eigenvalue weighted by Crippen LogP contribution is -2.46. The minimum absolute atomic E-state index is 0.0730. The van der Waals surface area contributed by atoms with Crippen LogP contribution in [0.4, 0.5) is 14.5 Å². The van der Waals surface area contributed by atoms with Crippen molar-refractivity contribution in [2.75, 3.05) is 31.1 Å². The number of aromatic amines is 1. The number of amides is 1. The summed E-state index contributed by atoms with van der Waals surface area (Å²) in [6.07, 6.45) is 3.00. The predicted octanol–water partition coefficient (Wildman–Crippen LogP) is 3.11. The quantitative estimate of drug-likeness (QED) is 0.603. The van der Waals surface area contributed by atoms with Gasteiger partial charge in [0.2, 0.25) is 0 Å². The molecule has 1 aromatic heterocycles. The summed E-state index contributed by atoms with van der Waals surface area (Å²) >= 11 is 0. The van der Waals surface area contributed by atoms with Gasteiger partial charge < -0.3 is 15.2 Å². The Balaban J connectivity index is 1.22. The third kappa shape index (κ3) is 4.40. The number of nitrogens with one attached hydrogen (secondary N) is 2. The number of hydrogen-bond acceptors (Lipinski definition) is 5. The van der Waals surface area contributed by atoms with Gasteiger partial charge in [0.05, 0.1) is 11.1 Å². The molecule has 3 aromatic rings. The third-order valence-corrected chi connectivity index (χ3v) is 6.82. The number of nitrogens with zero attached hydrogens (tertiary/aromatic N) is 3. The molecule has 5 rings (SSSR count). The predicted molar refractivity (Wildman–Crippen MR) is 126 cm³/mol. The lowest BCUT2D eigenvalue weighted by molar-refractivity contribution is 0.0913. The molecule has 2 fully saturated rings. The number of anilines is 1. The summed E-state index contributed by atoms with van der Waals surface area (Å²) in [7, 11) is 0. The van der Waals surface area contributed by atoms with Gasteiger partial charge in [-0.3, -0.25) is 14.5 Å². The van der Waals surface area contributed by atoms with Crippen molar-refractivity contribution in [2.24, 2.45) is 0 Å². The fourth-order valence-corrected chi connectivity index (χ4v) is 4.48. The van der Waals surface area contributed by atoms with E-state index in [2.05, 4.69) is 25.1 Å². The number of hydrogen-bond donors (Lipinski definition) is 2. The first-order valence-corrected chi connectivity index (χ1v) is 11.6. The zero-order valence-corrected chi connectivity index (χ0v) is 19.0. The number of rotatable bonds is 5. The fourth-order valence-electron chi connectivity index (χ4n) is 4.48. The number of carbonyl (C=O) groups is 1. The molecule has 0 unspecified atom stereocenters. The van der Waals surface area contributed by atoms with Crippen molar-refractivity contribution in [3.8, 4) is 0 Å². The van der Waals surface area contributed by atoms with Gasteiger partial charge in [0.25, 0.3) is 11.5 Å². The normalized spacial score (nSPS) is 17.1. The Morgan fingerprint density at radius 1 is 1.15 bits per heavy atom. The molecule has 34 heavy (non-hydrogen) atoms. The molecule has 0 atom stereocenters. The van der Waals surface area contributed by atoms with Crippen molar-refractivity contribution in [2.45, 2.75) is 38.8 Å². The summed E-state index contributed by atoms with van der Waals surface area (Å²) in [6, 6.07) is 8.33. The molecule has 1 saturated carbocycles. The second-order valence-electron chi connectivity index (χ2n) is 9.11. The van der Waals surface area contributed by atoms with E-state index >= 15 is 4.39 Å². The Morgan fingerprint density at radius 3 is 2.59 bits per heavy atom. The van der Waals surface area contributed by atoms with Crippen LogP contribution in [0.25, 0.3) is 11.0 Å². The Morgan fingerprint density at radius 2 is 1.91 bits per heavy atom. The van der Waals surface area contributed by atoms with E-state index in [9.17, 15) is 14.0 Å². The molecular formula is C25H27F2N5O2. The number of carbonyl (C=O) groups excluding carboxylic acids is 1. The summed E-state index contributed by atoms with van der Waals surface area (Å²) in [6.45, 7) is 4.64. The minimum atomic E-state index is -0.521. The molecule has 2 aromatic carbocycles. The van der Waals surface area contributed by atoms with E-state index in [1.165, 1.54) is 6.07 Å². The van der Waals surface area contributed by atoms with Crippen LogP contribution < -0.4 is 15.8 Å². The van der Waals surface area contributed by atoms with Crippen molar-refractivity contribution < 1.29 is 13.6 Å². The molecule has 178 valence electrons. The molecule has 1 saturated heterocycles. The molecular weight excluding hydrogens is 440 g/mol. The summed E-state index contributed by atoms with van der Waals surface area (Å²) in [5, 5.41) is 2.87. The smallest absolute Gasteiger partial charge is 0.269 e. The first-order valence-electron chi connectivity index (χ1n) is 11.6. The molecule has 2 aliphatic rings. The van der Waals surface area contributed by atoms with Gasteiger partial charge in [0.1, 0.15) is 17.0 Å². The van der Waals surface area contributed by atoms with E-state index in [-0.39, 0.29) is 23.0 Å². The number of fused-ring (bicyclic) bond motifs is 1. The van der Waals surface area contributed by atoms with E-state index < -0.39 is 17.2 Å². The zero-order valence-electron chi connectivity index (χ0n) is 19.0. The van der Waals surface area contributed by atoms with Crippen molar-refractivity contribution in [3.63, 3.8) is 0 Å². The standard InChI is InChI=1S/C25H27F2N5O2/c1-15-24(33)30-23-21(28-15)8-5-16(22(23)27)14-31-9-11-32(12-10-31)18-6-7-19(20(26)13-18)25(34)29-17-3-2-4-17/h5-8,13,17H,2-4,9-12,14H2,1H3,(H,29,34)(H,30,33). The van der Waals surface area contributed by atoms with Crippen LogP contribution in [-0.2, 0) is 6.54 Å². The highest BCUT2D eigenvalue weighted by Gasteiger charge is 2.24. The maximum absolute atomic E-state index is 15.0. The van der Waals surface area contributed by atoms with Crippen LogP contribution in [0.5, 0.6) is 0 Å². The molecule has 1 aliphatic carbocycles. The largest absolute Gasteiger partial charge is 0.369 e. The van der Waals surface area contributed by atoms with Crippen LogP contribution in [0.1, 0.15) is 40.9 Å². The minimum Gasteiger partial charge on any atom is -0.369 e. The van der Waals surface area contributed by atoms with Crippen LogP contribution >= 0.6 is 0 Å². The summed E-state index contributed by atoms with van der Waals surface area (Å²) in [4.78, 5) is 35.1. The Labute approximate surface area is 195 Å². The summed E-state index contributed by atoms with van der Waals surface area (Å²) in [5.74, 6) is -1.34. The molecule has 2 heterocycles. The topological polar surface area (TPSA) is 81.3 Å². The van der Waals surface area contributed by atoms with Crippen LogP contribution in [0, 0.1) is 18.6 Å². The summed E-state index contributed by atoms with van der Waals surface area (Å²) < 4.78 is 29.7. The maximum atomic E-state index is 15.0. The average molecular weight is 468 g/mol. The number of aryl methyl sites for hydroxylation is 1. The second kappa shape index (κ2) is 9.13. The van der Waals surface area contributed by atoms with Gasteiger partial charge in [-0.05, 0) is 50.5 Å². The molecule has 0 bridgehead atoms. The maximum Gasteiger partial charge on any atom is 0.269 e. The average Bonchev–Trinajstić information content (AvgIpc) is 2.80. The van der Waals surface area contributed by atoms with E-state index in [0.717, 1.165) is 24.9 Å². The van der Waals surface area contributed by atoms with E-state index in [0.29, 0.717) is 49.5 Å². The van der Waals surface area contributed by atoms with E-state index in [4.69, 9.17) is 0 Å². The SMILES string of the molecule is Cc1nc2ccc(CN3CCN(c4ccc(C(=O)NC5CCC5)c(F)c4)CC3)c(F)c2[nH]c1=O. The first-order chi connectivity index (χ1) is 16.4.